The molecule has 0 aliphatic carbocycles. The number of nitrogens with zero attached hydrogens (tertiary/aromatic N) is 4. The molecule has 5 nitrogen and oxygen atoms in total. The van der Waals surface area contributed by atoms with Crippen molar-refractivity contribution in [3.05, 3.63) is 54.4 Å². The number of anilines is 1. The number of likely N-dealkylation sites (tertiary alicyclic amines) is 1. The number of likely N-dealkylation sites (N-methyl/N-ethyl adjacent to an activating group) is 1. The highest BCUT2D eigenvalue weighted by molar-refractivity contribution is 5.80. The maximum absolute atomic E-state index is 4.55. The number of nitrogens with one attached hydrogen (secondary N) is 1. The van der Waals surface area contributed by atoms with Gasteiger partial charge in [0.2, 0.25) is 0 Å². The lowest BCUT2D eigenvalue weighted by Crippen LogP contribution is -2.43. The van der Waals surface area contributed by atoms with Gasteiger partial charge in [0.15, 0.2) is 0 Å². The zero-order valence-corrected chi connectivity index (χ0v) is 16.6. The van der Waals surface area contributed by atoms with E-state index in [0.29, 0.717) is 5.92 Å². The molecule has 0 spiro atoms. The molecule has 1 atom stereocenters. The zero-order chi connectivity index (χ0) is 18.9. The molecule has 0 bridgehead atoms. The van der Waals surface area contributed by atoms with Crippen molar-refractivity contribution < 1.29 is 0 Å². The number of fused-ring (bicyclic) bond motifs is 1. The summed E-state index contributed by atoms with van der Waals surface area (Å²) >= 11 is 0. The number of hydrogen-bond donors (Lipinski definition) is 1. The third-order valence-electron chi connectivity index (χ3n) is 6.38. The van der Waals surface area contributed by atoms with Crippen LogP contribution in [0.2, 0.25) is 0 Å². The molecule has 2 aliphatic heterocycles. The van der Waals surface area contributed by atoms with Crippen molar-refractivity contribution >= 4 is 11.2 Å². The SMILES string of the molecule is CCN1CCC(c2ccc(-c3cc4c(N5CCNCC5)ccnn4c3)cc2)C1. The van der Waals surface area contributed by atoms with Crippen LogP contribution in [0.1, 0.15) is 24.8 Å². The van der Waals surface area contributed by atoms with E-state index in [-0.39, 0.29) is 0 Å². The van der Waals surface area contributed by atoms with Crippen molar-refractivity contribution in [3.63, 3.8) is 0 Å². The summed E-state index contributed by atoms with van der Waals surface area (Å²) in [4.78, 5) is 5.00. The molecular weight excluding hydrogens is 346 g/mol. The molecule has 1 N–H and O–H groups in total. The second-order valence-corrected chi connectivity index (χ2v) is 8.01. The van der Waals surface area contributed by atoms with Crippen LogP contribution in [0, 0.1) is 0 Å². The fraction of sp³-hybridized carbons (Fsp3) is 0.435. The fourth-order valence-corrected chi connectivity index (χ4v) is 4.67. The van der Waals surface area contributed by atoms with Gasteiger partial charge in [0, 0.05) is 50.7 Å². The molecule has 0 saturated carbocycles. The Balaban J connectivity index is 1.42. The van der Waals surface area contributed by atoms with Crippen molar-refractivity contribution in [3.8, 4) is 11.1 Å². The average molecular weight is 376 g/mol. The second kappa shape index (κ2) is 7.57. The molecule has 1 unspecified atom stereocenters. The van der Waals surface area contributed by atoms with Crippen LogP contribution in [0.4, 0.5) is 5.69 Å². The van der Waals surface area contributed by atoms with Gasteiger partial charge in [-0.05, 0) is 48.7 Å². The molecule has 146 valence electrons. The predicted molar refractivity (Wildman–Crippen MR) is 115 cm³/mol. The van der Waals surface area contributed by atoms with Gasteiger partial charge in [0.05, 0.1) is 11.2 Å². The van der Waals surface area contributed by atoms with Crippen LogP contribution < -0.4 is 10.2 Å². The Morgan fingerprint density at radius 2 is 1.86 bits per heavy atom. The fourth-order valence-electron chi connectivity index (χ4n) is 4.67. The maximum Gasteiger partial charge on any atom is 0.0886 e. The smallest absolute Gasteiger partial charge is 0.0886 e. The van der Waals surface area contributed by atoms with Crippen LogP contribution in [-0.2, 0) is 0 Å². The Morgan fingerprint density at radius 1 is 1.04 bits per heavy atom. The Hall–Kier alpha value is -2.37. The highest BCUT2D eigenvalue weighted by Crippen LogP contribution is 2.31. The van der Waals surface area contributed by atoms with E-state index in [1.807, 2.05) is 10.7 Å². The lowest BCUT2D eigenvalue weighted by molar-refractivity contribution is 0.354. The number of aromatic nitrogens is 2. The lowest BCUT2D eigenvalue weighted by Gasteiger charge is -2.29. The molecule has 4 heterocycles. The summed E-state index contributed by atoms with van der Waals surface area (Å²) < 4.78 is 2.02. The van der Waals surface area contributed by atoms with E-state index in [1.165, 1.54) is 47.4 Å². The number of piperazine rings is 1. The topological polar surface area (TPSA) is 35.8 Å². The van der Waals surface area contributed by atoms with Crippen LogP contribution >= 0.6 is 0 Å². The van der Waals surface area contributed by atoms with Gasteiger partial charge in [-0.1, -0.05) is 31.2 Å². The van der Waals surface area contributed by atoms with Gasteiger partial charge in [0.1, 0.15) is 0 Å². The Labute approximate surface area is 167 Å². The normalized spacial score (nSPS) is 20.9. The Morgan fingerprint density at radius 3 is 2.61 bits per heavy atom. The first-order valence-electron chi connectivity index (χ1n) is 10.6. The van der Waals surface area contributed by atoms with E-state index in [1.54, 1.807) is 0 Å². The first-order chi connectivity index (χ1) is 13.8. The largest absolute Gasteiger partial charge is 0.367 e. The highest BCUT2D eigenvalue weighted by atomic mass is 15.2. The monoisotopic (exact) mass is 375 g/mol. The van der Waals surface area contributed by atoms with E-state index in [2.05, 4.69) is 69.7 Å². The molecule has 1 aromatic carbocycles. The molecule has 28 heavy (non-hydrogen) atoms. The summed E-state index contributed by atoms with van der Waals surface area (Å²) in [6.07, 6.45) is 5.35. The molecule has 2 saturated heterocycles. The van der Waals surface area contributed by atoms with Gasteiger partial charge < -0.3 is 15.1 Å². The molecule has 3 aromatic rings. The summed E-state index contributed by atoms with van der Waals surface area (Å²) in [5.74, 6) is 0.683. The van der Waals surface area contributed by atoms with Gasteiger partial charge in [-0.3, -0.25) is 0 Å². The molecular formula is C23H29N5. The minimum atomic E-state index is 0.683. The summed E-state index contributed by atoms with van der Waals surface area (Å²) in [7, 11) is 0. The number of benzene rings is 1. The first kappa shape index (κ1) is 17.7. The standard InChI is InChI=1S/C23H29N5/c1-2-26-12-8-20(16-26)18-3-5-19(6-4-18)21-15-23-22(7-9-25-28(23)17-21)27-13-10-24-11-14-27/h3-7,9,15,17,20,24H,2,8,10-14,16H2,1H3. The minimum absolute atomic E-state index is 0.683. The van der Waals surface area contributed by atoms with Crippen LogP contribution in [-0.4, -0.2) is 60.3 Å². The zero-order valence-electron chi connectivity index (χ0n) is 16.6. The van der Waals surface area contributed by atoms with Crippen molar-refractivity contribution in [1.82, 2.24) is 19.8 Å². The molecule has 2 aromatic heterocycles. The second-order valence-electron chi connectivity index (χ2n) is 8.01. The molecule has 0 radical (unpaired) electrons. The maximum atomic E-state index is 4.55. The minimum Gasteiger partial charge on any atom is -0.367 e. The van der Waals surface area contributed by atoms with Gasteiger partial charge in [-0.2, -0.15) is 5.10 Å². The van der Waals surface area contributed by atoms with Crippen LogP contribution in [0.3, 0.4) is 0 Å². The molecule has 2 fully saturated rings. The van der Waals surface area contributed by atoms with Gasteiger partial charge in [0.25, 0.3) is 0 Å². The van der Waals surface area contributed by atoms with Crippen molar-refractivity contribution in [2.24, 2.45) is 0 Å². The summed E-state index contributed by atoms with van der Waals surface area (Å²) in [6, 6.07) is 13.6. The molecule has 5 rings (SSSR count). The molecule has 0 amide bonds. The van der Waals surface area contributed by atoms with E-state index in [9.17, 15) is 0 Å². The first-order valence-corrected chi connectivity index (χ1v) is 10.6. The van der Waals surface area contributed by atoms with E-state index in [4.69, 9.17) is 0 Å². The summed E-state index contributed by atoms with van der Waals surface area (Å²) in [6.45, 7) is 10.0. The van der Waals surface area contributed by atoms with Crippen molar-refractivity contribution in [1.29, 1.82) is 0 Å². The van der Waals surface area contributed by atoms with Gasteiger partial charge >= 0.3 is 0 Å². The van der Waals surface area contributed by atoms with Crippen LogP contribution in [0.5, 0.6) is 0 Å². The molecule has 2 aliphatic rings. The lowest BCUT2D eigenvalue weighted by atomic mass is 9.96. The van der Waals surface area contributed by atoms with E-state index in [0.717, 1.165) is 32.7 Å². The van der Waals surface area contributed by atoms with Crippen LogP contribution in [0.15, 0.2) is 48.8 Å². The molecule has 5 heteroatoms. The Bertz CT molecular complexity index is 939. The van der Waals surface area contributed by atoms with E-state index >= 15 is 0 Å². The van der Waals surface area contributed by atoms with Crippen LogP contribution in [0.25, 0.3) is 16.6 Å². The third kappa shape index (κ3) is 3.29. The summed E-state index contributed by atoms with van der Waals surface area (Å²) in [5.41, 5.74) is 6.46. The quantitative estimate of drug-likeness (QED) is 0.760. The Kier molecular flexibility index (Phi) is 4.79. The summed E-state index contributed by atoms with van der Waals surface area (Å²) in [5, 5.41) is 7.98. The van der Waals surface area contributed by atoms with Crippen molar-refractivity contribution in [2.75, 3.05) is 50.7 Å². The van der Waals surface area contributed by atoms with Gasteiger partial charge in [-0.25, -0.2) is 4.52 Å². The number of hydrogen-bond acceptors (Lipinski definition) is 4. The number of rotatable bonds is 4. The van der Waals surface area contributed by atoms with Gasteiger partial charge in [-0.15, -0.1) is 0 Å². The average Bonchev–Trinajstić information content (AvgIpc) is 3.41. The van der Waals surface area contributed by atoms with Crippen molar-refractivity contribution in [2.45, 2.75) is 19.3 Å². The third-order valence-corrected chi connectivity index (χ3v) is 6.38. The highest BCUT2D eigenvalue weighted by Gasteiger charge is 2.22. The predicted octanol–water partition coefficient (Wildman–Crippen LogP) is 3.22. The van der Waals surface area contributed by atoms with E-state index < -0.39 is 0 Å².